The van der Waals surface area contributed by atoms with Gasteiger partial charge in [-0.15, -0.1) is 11.3 Å². The molecule has 1 aliphatic carbocycles. The first-order valence-corrected chi connectivity index (χ1v) is 7.13. The molecule has 16 heavy (non-hydrogen) atoms. The molecular weight excluding hydrogens is 216 g/mol. The van der Waals surface area contributed by atoms with Crippen LogP contribution in [-0.2, 0) is 0 Å². The fourth-order valence-corrected chi connectivity index (χ4v) is 3.28. The number of thiazole rings is 1. The van der Waals surface area contributed by atoms with Crippen LogP contribution in [0.1, 0.15) is 57.5 Å². The number of hydrogen-bond donors (Lipinski definition) is 1. The van der Waals surface area contributed by atoms with Crippen LogP contribution in [0.4, 0.5) is 0 Å². The minimum Gasteiger partial charge on any atom is -0.305 e. The van der Waals surface area contributed by atoms with Crippen molar-refractivity contribution in [2.45, 2.75) is 58.5 Å². The SMILES string of the molecule is CC(NC1CCCCC1(C)C)c1nccs1. The third-order valence-electron chi connectivity index (χ3n) is 3.78. The van der Waals surface area contributed by atoms with E-state index in [4.69, 9.17) is 0 Å². The van der Waals surface area contributed by atoms with E-state index < -0.39 is 0 Å². The minimum absolute atomic E-state index is 0.391. The van der Waals surface area contributed by atoms with Gasteiger partial charge in [0.25, 0.3) is 0 Å². The van der Waals surface area contributed by atoms with Crippen molar-refractivity contribution in [3.8, 4) is 0 Å². The second-order valence-corrected chi connectivity index (χ2v) is 6.47. The first-order valence-electron chi connectivity index (χ1n) is 6.25. The lowest BCUT2D eigenvalue weighted by atomic mass is 9.73. The molecule has 0 amide bonds. The Morgan fingerprint density at radius 3 is 2.94 bits per heavy atom. The molecule has 0 aliphatic heterocycles. The molecule has 2 nitrogen and oxygen atoms in total. The van der Waals surface area contributed by atoms with Crippen molar-refractivity contribution in [2.24, 2.45) is 5.41 Å². The summed E-state index contributed by atoms with van der Waals surface area (Å²) in [6.45, 7) is 7.00. The summed E-state index contributed by atoms with van der Waals surface area (Å²) in [6, 6.07) is 1.03. The normalized spacial score (nSPS) is 26.6. The van der Waals surface area contributed by atoms with Gasteiger partial charge >= 0.3 is 0 Å². The van der Waals surface area contributed by atoms with Gasteiger partial charge in [-0.05, 0) is 25.2 Å². The Labute approximate surface area is 102 Å². The maximum atomic E-state index is 4.39. The Morgan fingerprint density at radius 1 is 1.50 bits per heavy atom. The molecule has 90 valence electrons. The molecule has 1 saturated carbocycles. The molecule has 0 saturated heterocycles. The van der Waals surface area contributed by atoms with Crippen LogP contribution in [0.15, 0.2) is 11.6 Å². The summed E-state index contributed by atoms with van der Waals surface area (Å²) in [5.74, 6) is 0. The third-order valence-corrected chi connectivity index (χ3v) is 4.74. The van der Waals surface area contributed by atoms with Crippen molar-refractivity contribution in [1.29, 1.82) is 0 Å². The molecular formula is C13H22N2S. The predicted molar refractivity (Wildman–Crippen MR) is 69.7 cm³/mol. The Hall–Kier alpha value is -0.410. The van der Waals surface area contributed by atoms with Crippen LogP contribution in [0.25, 0.3) is 0 Å². The van der Waals surface area contributed by atoms with Crippen LogP contribution in [0.3, 0.4) is 0 Å². The molecule has 0 bridgehead atoms. The minimum atomic E-state index is 0.391. The highest BCUT2D eigenvalue weighted by atomic mass is 32.1. The lowest BCUT2D eigenvalue weighted by Gasteiger charge is -2.40. The third kappa shape index (κ3) is 2.64. The highest BCUT2D eigenvalue weighted by Gasteiger charge is 2.33. The average molecular weight is 238 g/mol. The summed E-state index contributed by atoms with van der Waals surface area (Å²) in [4.78, 5) is 4.39. The van der Waals surface area contributed by atoms with E-state index in [0.717, 1.165) is 0 Å². The lowest BCUT2D eigenvalue weighted by Crippen LogP contribution is -2.45. The highest BCUT2D eigenvalue weighted by molar-refractivity contribution is 7.09. The monoisotopic (exact) mass is 238 g/mol. The van der Waals surface area contributed by atoms with Gasteiger partial charge in [0, 0.05) is 17.6 Å². The Bertz CT molecular complexity index is 319. The summed E-state index contributed by atoms with van der Waals surface area (Å²) < 4.78 is 0. The molecule has 1 fully saturated rings. The van der Waals surface area contributed by atoms with Gasteiger partial charge in [0.15, 0.2) is 0 Å². The highest BCUT2D eigenvalue weighted by Crippen LogP contribution is 2.36. The summed E-state index contributed by atoms with van der Waals surface area (Å²) in [7, 11) is 0. The molecule has 0 radical (unpaired) electrons. The molecule has 1 aliphatic rings. The van der Waals surface area contributed by atoms with E-state index in [0.29, 0.717) is 17.5 Å². The van der Waals surface area contributed by atoms with Crippen molar-refractivity contribution < 1.29 is 0 Å². The topological polar surface area (TPSA) is 24.9 Å². The first kappa shape index (κ1) is 12.1. The molecule has 1 N–H and O–H groups in total. The second-order valence-electron chi connectivity index (χ2n) is 5.55. The van der Waals surface area contributed by atoms with Gasteiger partial charge in [0.1, 0.15) is 5.01 Å². The van der Waals surface area contributed by atoms with Gasteiger partial charge in [0.05, 0.1) is 6.04 Å². The van der Waals surface area contributed by atoms with Crippen molar-refractivity contribution in [1.82, 2.24) is 10.3 Å². The number of aromatic nitrogens is 1. The van der Waals surface area contributed by atoms with Crippen molar-refractivity contribution in [3.05, 3.63) is 16.6 Å². The molecule has 0 spiro atoms. The maximum Gasteiger partial charge on any atom is 0.109 e. The van der Waals surface area contributed by atoms with E-state index in [-0.39, 0.29) is 0 Å². The van der Waals surface area contributed by atoms with Crippen LogP contribution < -0.4 is 5.32 Å². The van der Waals surface area contributed by atoms with Crippen molar-refractivity contribution >= 4 is 11.3 Å². The second kappa shape index (κ2) is 4.84. The number of nitrogens with one attached hydrogen (secondary N) is 1. The molecule has 1 heterocycles. The fourth-order valence-electron chi connectivity index (χ4n) is 2.62. The molecule has 1 aromatic heterocycles. The molecule has 2 unspecified atom stereocenters. The number of nitrogens with zero attached hydrogens (tertiary/aromatic N) is 1. The van der Waals surface area contributed by atoms with Crippen LogP contribution in [-0.4, -0.2) is 11.0 Å². The molecule has 0 aromatic carbocycles. The van der Waals surface area contributed by atoms with E-state index in [2.05, 4.69) is 36.5 Å². The summed E-state index contributed by atoms with van der Waals surface area (Å²) in [6.07, 6.45) is 7.30. The Balaban J connectivity index is 1.98. The van der Waals surface area contributed by atoms with Gasteiger partial charge in [-0.2, -0.15) is 0 Å². The van der Waals surface area contributed by atoms with E-state index in [9.17, 15) is 0 Å². The Kier molecular flexibility index (Phi) is 3.65. The van der Waals surface area contributed by atoms with E-state index >= 15 is 0 Å². The summed E-state index contributed by atoms with van der Waals surface area (Å²) >= 11 is 1.75. The molecule has 3 heteroatoms. The largest absolute Gasteiger partial charge is 0.305 e. The average Bonchev–Trinajstić information content (AvgIpc) is 2.74. The van der Waals surface area contributed by atoms with E-state index in [1.165, 1.54) is 30.7 Å². The van der Waals surface area contributed by atoms with Crippen LogP contribution >= 0.6 is 11.3 Å². The van der Waals surface area contributed by atoms with Gasteiger partial charge in [-0.25, -0.2) is 4.98 Å². The molecule has 1 aromatic rings. The zero-order valence-corrected chi connectivity index (χ0v) is 11.3. The summed E-state index contributed by atoms with van der Waals surface area (Å²) in [5, 5.41) is 7.02. The van der Waals surface area contributed by atoms with E-state index in [1.807, 2.05) is 6.20 Å². The predicted octanol–water partition coefficient (Wildman–Crippen LogP) is 3.76. The van der Waals surface area contributed by atoms with Crippen LogP contribution in [0.2, 0.25) is 0 Å². The van der Waals surface area contributed by atoms with Crippen LogP contribution in [0.5, 0.6) is 0 Å². The Morgan fingerprint density at radius 2 is 2.31 bits per heavy atom. The maximum absolute atomic E-state index is 4.39. The smallest absolute Gasteiger partial charge is 0.109 e. The first-order chi connectivity index (χ1) is 7.59. The standard InChI is InChI=1S/C13H22N2S/c1-10(12-14-8-9-16-12)15-11-6-4-5-7-13(11,2)3/h8-11,15H,4-7H2,1-3H3. The lowest BCUT2D eigenvalue weighted by molar-refractivity contribution is 0.157. The van der Waals surface area contributed by atoms with Crippen LogP contribution in [0, 0.1) is 5.41 Å². The molecule has 2 atom stereocenters. The quantitative estimate of drug-likeness (QED) is 0.867. The van der Waals surface area contributed by atoms with Gasteiger partial charge in [-0.1, -0.05) is 26.7 Å². The molecule has 2 rings (SSSR count). The fraction of sp³-hybridized carbons (Fsp3) is 0.769. The van der Waals surface area contributed by atoms with Gasteiger partial charge in [0.2, 0.25) is 0 Å². The van der Waals surface area contributed by atoms with Gasteiger partial charge in [-0.3, -0.25) is 0 Å². The number of rotatable bonds is 3. The van der Waals surface area contributed by atoms with Crippen molar-refractivity contribution in [2.75, 3.05) is 0 Å². The van der Waals surface area contributed by atoms with Crippen molar-refractivity contribution in [3.63, 3.8) is 0 Å². The zero-order valence-electron chi connectivity index (χ0n) is 10.5. The van der Waals surface area contributed by atoms with Gasteiger partial charge < -0.3 is 5.32 Å². The van der Waals surface area contributed by atoms with E-state index in [1.54, 1.807) is 11.3 Å². The zero-order chi connectivity index (χ0) is 11.6. The number of hydrogen-bond acceptors (Lipinski definition) is 3. The summed E-state index contributed by atoms with van der Waals surface area (Å²) in [5.41, 5.74) is 0.434.